The van der Waals surface area contributed by atoms with Gasteiger partial charge in [-0.25, -0.2) is 13.9 Å². The molecule has 0 spiro atoms. The van der Waals surface area contributed by atoms with E-state index in [4.69, 9.17) is 0 Å². The average Bonchev–Trinajstić information content (AvgIpc) is 2.95. The molecule has 2 amide bonds. The van der Waals surface area contributed by atoms with E-state index < -0.39 is 0 Å². The molecule has 7 heteroatoms. The van der Waals surface area contributed by atoms with Crippen LogP contribution in [0.1, 0.15) is 142 Å². The Labute approximate surface area is 279 Å². The van der Waals surface area contributed by atoms with Crippen LogP contribution in [0.2, 0.25) is 0 Å². The van der Waals surface area contributed by atoms with Gasteiger partial charge in [-0.2, -0.15) is 0 Å². The van der Waals surface area contributed by atoms with E-state index in [1.54, 1.807) is 0 Å². The summed E-state index contributed by atoms with van der Waals surface area (Å²) in [6.45, 7) is 6.53. The highest BCUT2D eigenvalue weighted by atomic mass is 79.9. The van der Waals surface area contributed by atoms with Crippen LogP contribution in [0.5, 0.6) is 0 Å². The Bertz CT molecular complexity index is 841. The van der Waals surface area contributed by atoms with Crippen LogP contribution in [0.15, 0.2) is 49.1 Å². The largest absolute Gasteiger partial charge is 1.00 e. The third-order valence-corrected chi connectivity index (χ3v) is 7.77. The van der Waals surface area contributed by atoms with E-state index in [0.29, 0.717) is 0 Å². The minimum atomic E-state index is -0.201. The van der Waals surface area contributed by atoms with Gasteiger partial charge in [0, 0.05) is 25.0 Å². The molecule has 0 fully saturated rings. The van der Waals surface area contributed by atoms with Gasteiger partial charge in [-0.3, -0.25) is 0 Å². The molecule has 0 saturated heterocycles. The van der Waals surface area contributed by atoms with Crippen LogP contribution in [0.4, 0.5) is 16.2 Å². The predicted molar refractivity (Wildman–Crippen MR) is 170 cm³/mol. The van der Waals surface area contributed by atoms with Crippen molar-refractivity contribution in [3.63, 3.8) is 0 Å². The quantitative estimate of drug-likeness (QED) is 0.127. The second-order valence-electron chi connectivity index (χ2n) is 11.6. The number of carbonyl (C=O) groups excluding carboxylic acids is 1. The Hall–Kier alpha value is -1.47. The minimum absolute atomic E-state index is 0. The van der Waals surface area contributed by atoms with Crippen molar-refractivity contribution in [2.24, 2.45) is 0 Å². The molecule has 0 saturated carbocycles. The molecule has 2 rings (SSSR count). The summed E-state index contributed by atoms with van der Waals surface area (Å²) in [5, 5.41) is 5.99. The lowest BCUT2D eigenvalue weighted by Gasteiger charge is -2.07. The van der Waals surface area contributed by atoms with Gasteiger partial charge in [0.25, 0.3) is 0 Å². The summed E-state index contributed by atoms with van der Waals surface area (Å²) in [5.74, 6) is 0. The van der Waals surface area contributed by atoms with Gasteiger partial charge in [0.15, 0.2) is 24.8 Å². The number of hydrogen-bond acceptors (Lipinski definition) is 1. The van der Waals surface area contributed by atoms with Crippen LogP contribution in [-0.2, 0) is 13.1 Å². The van der Waals surface area contributed by atoms with E-state index in [2.05, 4.69) is 46.0 Å². The molecule has 0 aromatic carbocycles. The highest BCUT2D eigenvalue weighted by Gasteiger charge is 2.09. The Morgan fingerprint density at radius 2 is 0.833 bits per heavy atom. The van der Waals surface area contributed by atoms with Gasteiger partial charge in [-0.15, -0.1) is 0 Å². The van der Waals surface area contributed by atoms with Crippen molar-refractivity contribution in [3.05, 3.63) is 49.1 Å². The zero-order chi connectivity index (χ0) is 28.5. The van der Waals surface area contributed by atoms with Crippen molar-refractivity contribution in [1.82, 2.24) is 0 Å². The lowest BCUT2D eigenvalue weighted by molar-refractivity contribution is -0.696. The fourth-order valence-electron chi connectivity index (χ4n) is 5.33. The van der Waals surface area contributed by atoms with E-state index in [1.165, 1.54) is 128 Å². The van der Waals surface area contributed by atoms with Crippen LogP contribution in [0.25, 0.3) is 0 Å². The SMILES string of the molecule is CCCCCCCCCCCC[n+]1cccc(NC(=O)Nc2ccc[n+](CCCCCCCCCCCC)c2)c1.[Br-].[Br-]. The van der Waals surface area contributed by atoms with E-state index in [0.717, 1.165) is 24.5 Å². The summed E-state index contributed by atoms with van der Waals surface area (Å²) in [7, 11) is 0. The molecule has 5 nitrogen and oxygen atoms in total. The Morgan fingerprint density at radius 1 is 0.524 bits per heavy atom. The summed E-state index contributed by atoms with van der Waals surface area (Å²) in [6, 6.07) is 7.72. The first-order valence-corrected chi connectivity index (χ1v) is 16.8. The van der Waals surface area contributed by atoms with Crippen molar-refractivity contribution >= 4 is 17.4 Å². The van der Waals surface area contributed by atoms with Crippen LogP contribution < -0.4 is 53.7 Å². The smallest absolute Gasteiger partial charge is 0.324 e. The number of aromatic nitrogens is 2. The van der Waals surface area contributed by atoms with Gasteiger partial charge in [-0.05, 0) is 25.0 Å². The van der Waals surface area contributed by atoms with Crippen LogP contribution in [0.3, 0.4) is 0 Å². The third-order valence-electron chi connectivity index (χ3n) is 7.77. The normalized spacial score (nSPS) is 10.5. The lowest BCUT2D eigenvalue weighted by atomic mass is 10.1. The third kappa shape index (κ3) is 21.3. The second kappa shape index (κ2) is 28.3. The number of amides is 2. The first-order chi connectivity index (χ1) is 19.7. The first kappa shape index (κ1) is 40.5. The van der Waals surface area contributed by atoms with E-state index >= 15 is 0 Å². The van der Waals surface area contributed by atoms with Gasteiger partial charge >= 0.3 is 6.03 Å². The molecule has 0 aliphatic heterocycles. The molecule has 0 aliphatic carbocycles. The van der Waals surface area contributed by atoms with Gasteiger partial charge in [0.2, 0.25) is 0 Å². The van der Waals surface area contributed by atoms with E-state index in [-0.39, 0.29) is 40.0 Å². The fourth-order valence-corrected chi connectivity index (χ4v) is 5.33. The second-order valence-corrected chi connectivity index (χ2v) is 11.6. The Balaban J connectivity index is 0.00000840. The molecule has 240 valence electrons. The first-order valence-electron chi connectivity index (χ1n) is 16.8. The van der Waals surface area contributed by atoms with E-state index in [1.807, 2.05) is 36.7 Å². The molecule has 0 bridgehead atoms. The maximum atomic E-state index is 12.7. The van der Waals surface area contributed by atoms with Gasteiger partial charge in [0.1, 0.15) is 24.5 Å². The summed E-state index contributed by atoms with van der Waals surface area (Å²) >= 11 is 0. The fraction of sp³-hybridized carbons (Fsp3) is 0.686. The molecule has 0 radical (unpaired) electrons. The number of carbonyl (C=O) groups is 1. The molecule has 0 unspecified atom stereocenters. The lowest BCUT2D eigenvalue weighted by Crippen LogP contribution is -3.00. The van der Waals surface area contributed by atoms with Crippen molar-refractivity contribution in [1.29, 1.82) is 0 Å². The van der Waals surface area contributed by atoms with Crippen molar-refractivity contribution < 1.29 is 47.9 Å². The molecular weight excluding hydrogens is 652 g/mol. The summed E-state index contributed by atoms with van der Waals surface area (Å²) in [6.07, 6.45) is 35.1. The number of nitrogens with zero attached hydrogens (tertiary/aromatic N) is 2. The standard InChI is InChI=1S/C35H59N4O.2BrH/c1-3-5-7-9-11-13-15-17-19-21-27-38-29-23-25-33(31-38)36-35(40)37-34-26-24-30-39(32-34)28-22-20-18-16-14-12-10-8-6-4-2;;/h23-26,29-32H,3-22,27-28H2,1-2H3,(H-,36,37,40);2*1H/q+1;;/p-1. The summed E-state index contributed by atoms with van der Waals surface area (Å²) < 4.78 is 4.37. The molecule has 0 aliphatic rings. The zero-order valence-corrected chi connectivity index (χ0v) is 29.9. The summed E-state index contributed by atoms with van der Waals surface area (Å²) in [5.41, 5.74) is 1.64. The van der Waals surface area contributed by atoms with Crippen molar-refractivity contribution in [2.75, 3.05) is 10.6 Å². The number of urea groups is 1. The van der Waals surface area contributed by atoms with Gasteiger partial charge in [-0.1, -0.05) is 117 Å². The van der Waals surface area contributed by atoms with Crippen molar-refractivity contribution in [2.45, 2.75) is 155 Å². The highest BCUT2D eigenvalue weighted by Crippen LogP contribution is 2.12. The number of halogens is 2. The topological polar surface area (TPSA) is 48.9 Å². The highest BCUT2D eigenvalue weighted by molar-refractivity contribution is 5.99. The number of hydrogen-bond donors (Lipinski definition) is 2. The van der Waals surface area contributed by atoms with Gasteiger partial charge < -0.3 is 44.6 Å². The molecule has 0 atom stereocenters. The zero-order valence-electron chi connectivity index (χ0n) is 26.7. The number of nitrogens with one attached hydrogen (secondary N) is 2. The van der Waals surface area contributed by atoms with E-state index in [9.17, 15) is 4.79 Å². The maximum Gasteiger partial charge on any atom is 0.324 e. The van der Waals surface area contributed by atoms with Crippen LogP contribution in [-0.4, -0.2) is 6.03 Å². The Morgan fingerprint density at radius 3 is 1.17 bits per heavy atom. The van der Waals surface area contributed by atoms with Gasteiger partial charge in [0.05, 0.1) is 0 Å². The molecule has 2 aromatic heterocycles. The number of aryl methyl sites for hydroxylation is 2. The van der Waals surface area contributed by atoms with Crippen LogP contribution in [0, 0.1) is 0 Å². The molecule has 2 heterocycles. The molecule has 2 aromatic rings. The maximum absolute atomic E-state index is 12.7. The molecular formula is C35H60Br2N4O. The number of unbranched alkanes of at least 4 members (excludes halogenated alkanes) is 18. The number of anilines is 2. The number of pyridine rings is 2. The predicted octanol–water partition coefficient (Wildman–Crippen LogP) is 3.76. The number of rotatable bonds is 24. The monoisotopic (exact) mass is 710 g/mol. The minimum Gasteiger partial charge on any atom is -1.00 e. The molecule has 42 heavy (non-hydrogen) atoms. The van der Waals surface area contributed by atoms with Crippen LogP contribution >= 0.6 is 0 Å². The summed E-state index contributed by atoms with van der Waals surface area (Å²) in [4.78, 5) is 12.7. The molecule has 2 N–H and O–H groups in total. The average molecular weight is 713 g/mol. The van der Waals surface area contributed by atoms with Crippen molar-refractivity contribution in [3.8, 4) is 0 Å². The Kier molecular flexibility index (Phi) is 27.3.